The first-order valence-electron chi connectivity index (χ1n) is 10.8. The number of fused-ring (bicyclic) bond motifs is 1. The SMILES string of the molecule is CCCNC(=O)[C@H]1[C@H]2C(=O)N([C@H](C)CO)C(C(=O)Nc3ccccc3Cl)C23CC(Br)[C@@H]1O3. The fourth-order valence-electron chi connectivity index (χ4n) is 5.36. The van der Waals surface area contributed by atoms with Crippen LogP contribution in [0.2, 0.25) is 5.02 Å². The van der Waals surface area contributed by atoms with Crippen LogP contribution in [0, 0.1) is 11.8 Å². The lowest BCUT2D eigenvalue weighted by Crippen LogP contribution is -2.56. The van der Waals surface area contributed by atoms with Crippen LogP contribution in [0.3, 0.4) is 0 Å². The molecule has 174 valence electrons. The van der Waals surface area contributed by atoms with Gasteiger partial charge in [-0.1, -0.05) is 46.6 Å². The molecule has 3 amide bonds. The third-order valence-electron chi connectivity index (χ3n) is 6.70. The highest BCUT2D eigenvalue weighted by Crippen LogP contribution is 2.60. The number of para-hydroxylation sites is 1. The van der Waals surface area contributed by atoms with Gasteiger partial charge in [0.2, 0.25) is 17.7 Å². The number of benzene rings is 1. The Morgan fingerprint density at radius 3 is 2.75 bits per heavy atom. The van der Waals surface area contributed by atoms with Crippen molar-refractivity contribution in [3.63, 3.8) is 0 Å². The minimum Gasteiger partial charge on any atom is -0.394 e. The second-order valence-electron chi connectivity index (χ2n) is 8.70. The number of rotatable bonds is 7. The molecule has 3 saturated heterocycles. The Hall–Kier alpha value is -1.68. The van der Waals surface area contributed by atoms with Gasteiger partial charge >= 0.3 is 0 Å². The van der Waals surface area contributed by atoms with Crippen LogP contribution in [0.25, 0.3) is 0 Å². The molecule has 3 fully saturated rings. The molecule has 3 heterocycles. The number of carbonyl (C=O) groups excluding carboxylic acids is 3. The van der Waals surface area contributed by atoms with Crippen molar-refractivity contribution in [2.24, 2.45) is 11.8 Å². The Morgan fingerprint density at radius 1 is 1.38 bits per heavy atom. The number of likely N-dealkylation sites (tertiary alicyclic amines) is 1. The minimum absolute atomic E-state index is 0.177. The van der Waals surface area contributed by atoms with E-state index in [1.54, 1.807) is 31.2 Å². The summed E-state index contributed by atoms with van der Waals surface area (Å²) in [6.07, 6.45) is 0.658. The van der Waals surface area contributed by atoms with Crippen LogP contribution >= 0.6 is 27.5 Å². The van der Waals surface area contributed by atoms with E-state index in [0.29, 0.717) is 23.7 Å². The molecule has 3 unspecified atom stereocenters. The second kappa shape index (κ2) is 8.93. The summed E-state index contributed by atoms with van der Waals surface area (Å²) in [4.78, 5) is 41.5. The van der Waals surface area contributed by atoms with Gasteiger partial charge in [-0.15, -0.1) is 0 Å². The van der Waals surface area contributed by atoms with Crippen molar-refractivity contribution < 1.29 is 24.2 Å². The van der Waals surface area contributed by atoms with E-state index in [1.165, 1.54) is 4.90 Å². The van der Waals surface area contributed by atoms with Gasteiger partial charge in [0.15, 0.2) is 0 Å². The Morgan fingerprint density at radius 2 is 2.09 bits per heavy atom. The average Bonchev–Trinajstić information content (AvgIpc) is 3.36. The zero-order chi connectivity index (χ0) is 23.2. The molecule has 7 atom stereocenters. The van der Waals surface area contributed by atoms with Gasteiger partial charge in [-0.3, -0.25) is 14.4 Å². The van der Waals surface area contributed by atoms with E-state index in [2.05, 4.69) is 26.6 Å². The van der Waals surface area contributed by atoms with E-state index in [9.17, 15) is 19.5 Å². The summed E-state index contributed by atoms with van der Waals surface area (Å²) in [6, 6.07) is 5.20. The lowest BCUT2D eigenvalue weighted by molar-refractivity contribution is -0.143. The highest BCUT2D eigenvalue weighted by molar-refractivity contribution is 9.09. The molecule has 1 aromatic carbocycles. The number of amides is 3. The van der Waals surface area contributed by atoms with Gasteiger partial charge in [-0.2, -0.15) is 0 Å². The molecule has 0 aromatic heterocycles. The quantitative estimate of drug-likeness (QED) is 0.469. The molecule has 3 N–H and O–H groups in total. The highest BCUT2D eigenvalue weighted by Gasteiger charge is 2.76. The first-order chi connectivity index (χ1) is 15.3. The molecule has 3 aliphatic rings. The summed E-state index contributed by atoms with van der Waals surface area (Å²) >= 11 is 9.84. The fourth-order valence-corrected chi connectivity index (χ4v) is 6.48. The molecule has 3 aliphatic heterocycles. The van der Waals surface area contributed by atoms with Crippen molar-refractivity contribution in [1.29, 1.82) is 0 Å². The smallest absolute Gasteiger partial charge is 0.250 e. The van der Waals surface area contributed by atoms with Gasteiger partial charge in [0.05, 0.1) is 41.3 Å². The Labute approximate surface area is 200 Å². The van der Waals surface area contributed by atoms with Gasteiger partial charge in [-0.25, -0.2) is 0 Å². The van der Waals surface area contributed by atoms with Gasteiger partial charge in [-0.05, 0) is 31.9 Å². The van der Waals surface area contributed by atoms with E-state index in [1.807, 2.05) is 6.92 Å². The number of hydrogen-bond acceptors (Lipinski definition) is 5. The number of alkyl halides is 1. The zero-order valence-electron chi connectivity index (χ0n) is 17.9. The number of aliphatic hydroxyl groups excluding tert-OH is 1. The third kappa shape index (κ3) is 3.54. The number of nitrogens with one attached hydrogen (secondary N) is 2. The number of ether oxygens (including phenoxy) is 1. The van der Waals surface area contributed by atoms with Crippen molar-refractivity contribution in [2.45, 2.75) is 55.3 Å². The van der Waals surface area contributed by atoms with Crippen molar-refractivity contribution in [3.05, 3.63) is 29.3 Å². The van der Waals surface area contributed by atoms with E-state index in [0.717, 1.165) is 6.42 Å². The maximum absolute atomic E-state index is 13.6. The maximum Gasteiger partial charge on any atom is 0.250 e. The van der Waals surface area contributed by atoms with Crippen LogP contribution in [0.1, 0.15) is 26.7 Å². The summed E-state index contributed by atoms with van der Waals surface area (Å²) in [6.45, 7) is 3.80. The lowest BCUT2D eigenvalue weighted by atomic mass is 9.70. The molecule has 0 aliphatic carbocycles. The third-order valence-corrected chi connectivity index (χ3v) is 7.87. The molecule has 2 bridgehead atoms. The average molecular weight is 529 g/mol. The van der Waals surface area contributed by atoms with Crippen LogP contribution in [0.4, 0.5) is 5.69 Å². The fraction of sp³-hybridized carbons (Fsp3) is 0.591. The van der Waals surface area contributed by atoms with Gasteiger partial charge in [0.25, 0.3) is 0 Å². The van der Waals surface area contributed by atoms with E-state index in [4.69, 9.17) is 16.3 Å². The molecule has 0 radical (unpaired) electrons. The molecular formula is C22H27BrClN3O5. The van der Waals surface area contributed by atoms with Gasteiger partial charge < -0.3 is 25.4 Å². The Kier molecular flexibility index (Phi) is 6.55. The summed E-state index contributed by atoms with van der Waals surface area (Å²) in [5.41, 5.74) is -0.748. The number of anilines is 1. The van der Waals surface area contributed by atoms with E-state index in [-0.39, 0.29) is 23.2 Å². The summed E-state index contributed by atoms with van der Waals surface area (Å²) in [5, 5.41) is 15.9. The first kappa shape index (κ1) is 23.5. The topological polar surface area (TPSA) is 108 Å². The predicted octanol–water partition coefficient (Wildman–Crippen LogP) is 1.93. The van der Waals surface area contributed by atoms with E-state index < -0.39 is 41.5 Å². The molecule has 1 aromatic rings. The number of carbonyl (C=O) groups is 3. The van der Waals surface area contributed by atoms with Crippen LogP contribution in [0.5, 0.6) is 0 Å². The highest BCUT2D eigenvalue weighted by atomic mass is 79.9. The normalized spacial score (nSPS) is 33.8. The maximum atomic E-state index is 13.6. The molecule has 1 spiro atoms. The van der Waals surface area contributed by atoms with Crippen LogP contribution in [-0.2, 0) is 19.1 Å². The van der Waals surface area contributed by atoms with Crippen LogP contribution < -0.4 is 10.6 Å². The monoisotopic (exact) mass is 527 g/mol. The van der Waals surface area contributed by atoms with Gasteiger partial charge in [0.1, 0.15) is 11.6 Å². The summed E-state index contributed by atoms with van der Waals surface area (Å²) in [5.74, 6) is -2.55. The zero-order valence-corrected chi connectivity index (χ0v) is 20.2. The number of nitrogens with zero attached hydrogens (tertiary/aromatic N) is 1. The molecular weight excluding hydrogens is 502 g/mol. The van der Waals surface area contributed by atoms with Gasteiger partial charge in [0, 0.05) is 11.4 Å². The van der Waals surface area contributed by atoms with Crippen molar-refractivity contribution in [2.75, 3.05) is 18.5 Å². The predicted molar refractivity (Wildman–Crippen MR) is 122 cm³/mol. The van der Waals surface area contributed by atoms with Crippen molar-refractivity contribution >= 4 is 50.9 Å². The standard InChI is InChI=1S/C22H27BrClN3O5/c1-3-8-25-19(29)15-16-21(31)27(11(2)10-28)18(22(16)9-12(23)17(15)32-22)20(30)26-14-7-5-4-6-13(14)24/h4-7,11-12,15-18,28H,3,8-10H2,1-2H3,(H,25,29)(H,26,30)/t11-,12?,15+,16+,17+,18?,22?/m1/s1. The second-order valence-corrected chi connectivity index (χ2v) is 10.3. The number of aliphatic hydroxyl groups is 1. The largest absolute Gasteiger partial charge is 0.394 e. The molecule has 0 saturated carbocycles. The molecule has 8 nitrogen and oxygen atoms in total. The Bertz CT molecular complexity index is 933. The lowest BCUT2D eigenvalue weighted by Gasteiger charge is -2.35. The van der Waals surface area contributed by atoms with E-state index >= 15 is 0 Å². The summed E-state index contributed by atoms with van der Waals surface area (Å²) < 4.78 is 6.36. The molecule has 4 rings (SSSR count). The first-order valence-corrected chi connectivity index (χ1v) is 12.1. The number of hydrogen-bond donors (Lipinski definition) is 3. The Balaban J connectivity index is 1.73. The number of halogens is 2. The minimum atomic E-state index is -1.17. The van der Waals surface area contributed by atoms with Crippen molar-refractivity contribution in [1.82, 2.24) is 10.2 Å². The van der Waals surface area contributed by atoms with Crippen LogP contribution in [0.15, 0.2) is 24.3 Å². The summed E-state index contributed by atoms with van der Waals surface area (Å²) in [7, 11) is 0. The molecule has 32 heavy (non-hydrogen) atoms. The van der Waals surface area contributed by atoms with Crippen molar-refractivity contribution in [3.8, 4) is 0 Å². The molecule has 10 heteroatoms. The van der Waals surface area contributed by atoms with Crippen LogP contribution in [-0.4, -0.2) is 69.5 Å².